The molecule has 5 nitrogen and oxygen atoms in total. The molecule has 1 saturated carbocycles. The molecule has 1 aliphatic heterocycles. The van der Waals surface area contributed by atoms with Crippen molar-refractivity contribution >= 4 is 23.3 Å². The van der Waals surface area contributed by atoms with E-state index in [1.54, 1.807) is 7.11 Å². The SMILES string of the molecule is COc1ccc(Cl)cc1N1CCC(NC(=O)NC2CCCC2)C1. The second-order valence-corrected chi connectivity index (χ2v) is 6.78. The number of hydrogen-bond donors (Lipinski definition) is 2. The lowest BCUT2D eigenvalue weighted by molar-refractivity contribution is 0.234. The van der Waals surface area contributed by atoms with Gasteiger partial charge in [0, 0.05) is 30.2 Å². The molecule has 1 unspecified atom stereocenters. The van der Waals surface area contributed by atoms with Crippen LogP contribution in [0, 0.1) is 0 Å². The van der Waals surface area contributed by atoms with Crippen LogP contribution in [0.25, 0.3) is 0 Å². The van der Waals surface area contributed by atoms with Gasteiger partial charge in [-0.2, -0.15) is 0 Å². The standard InChI is InChI=1S/C17H24ClN3O2/c1-23-16-7-6-12(18)10-15(16)21-9-8-14(11-21)20-17(22)19-13-4-2-3-5-13/h6-7,10,13-14H,2-5,8-9,11H2,1H3,(H2,19,20,22). The van der Waals surface area contributed by atoms with E-state index in [-0.39, 0.29) is 12.1 Å². The third-order valence-corrected chi connectivity index (χ3v) is 4.93. The molecule has 0 aromatic heterocycles. The van der Waals surface area contributed by atoms with Crippen molar-refractivity contribution < 1.29 is 9.53 Å². The maximum Gasteiger partial charge on any atom is 0.315 e. The molecule has 0 radical (unpaired) electrons. The van der Waals surface area contributed by atoms with Gasteiger partial charge < -0.3 is 20.3 Å². The van der Waals surface area contributed by atoms with E-state index in [2.05, 4.69) is 15.5 Å². The van der Waals surface area contributed by atoms with E-state index in [9.17, 15) is 4.79 Å². The molecule has 1 aliphatic carbocycles. The van der Waals surface area contributed by atoms with Crippen LogP contribution in [0.3, 0.4) is 0 Å². The fraction of sp³-hybridized carbons (Fsp3) is 0.588. The molecule has 1 atom stereocenters. The Labute approximate surface area is 142 Å². The number of anilines is 1. The third kappa shape index (κ3) is 4.02. The average Bonchev–Trinajstić information content (AvgIpc) is 3.19. The summed E-state index contributed by atoms with van der Waals surface area (Å²) >= 11 is 6.11. The summed E-state index contributed by atoms with van der Waals surface area (Å²) in [5.41, 5.74) is 0.987. The molecule has 126 valence electrons. The van der Waals surface area contributed by atoms with Gasteiger partial charge in [-0.3, -0.25) is 0 Å². The molecule has 2 N–H and O–H groups in total. The van der Waals surface area contributed by atoms with Gasteiger partial charge in [0.15, 0.2) is 0 Å². The summed E-state index contributed by atoms with van der Waals surface area (Å²) in [6, 6.07) is 6.08. The molecular weight excluding hydrogens is 314 g/mol. The van der Waals surface area contributed by atoms with Crippen LogP contribution in [0.1, 0.15) is 32.1 Å². The summed E-state index contributed by atoms with van der Waals surface area (Å²) in [4.78, 5) is 14.3. The number of rotatable bonds is 4. The zero-order valence-electron chi connectivity index (χ0n) is 13.5. The van der Waals surface area contributed by atoms with Crippen molar-refractivity contribution in [3.8, 4) is 5.75 Å². The van der Waals surface area contributed by atoms with E-state index in [4.69, 9.17) is 16.3 Å². The Balaban J connectivity index is 1.56. The summed E-state index contributed by atoms with van der Waals surface area (Å²) in [5.74, 6) is 0.811. The summed E-state index contributed by atoms with van der Waals surface area (Å²) < 4.78 is 5.42. The highest BCUT2D eigenvalue weighted by atomic mass is 35.5. The summed E-state index contributed by atoms with van der Waals surface area (Å²) in [7, 11) is 1.66. The highest BCUT2D eigenvalue weighted by molar-refractivity contribution is 6.30. The third-order valence-electron chi connectivity index (χ3n) is 4.70. The molecule has 2 fully saturated rings. The van der Waals surface area contributed by atoms with E-state index < -0.39 is 0 Å². The zero-order chi connectivity index (χ0) is 16.2. The number of halogens is 1. The quantitative estimate of drug-likeness (QED) is 0.887. The van der Waals surface area contributed by atoms with Crippen LogP contribution in [0.15, 0.2) is 18.2 Å². The predicted molar refractivity (Wildman–Crippen MR) is 92.5 cm³/mol. The minimum Gasteiger partial charge on any atom is -0.495 e. The maximum atomic E-state index is 12.1. The Morgan fingerprint density at radius 2 is 1.96 bits per heavy atom. The number of ether oxygens (including phenoxy) is 1. The fourth-order valence-corrected chi connectivity index (χ4v) is 3.66. The first-order chi connectivity index (χ1) is 11.2. The second kappa shape index (κ2) is 7.30. The number of carbonyl (C=O) groups is 1. The molecule has 1 saturated heterocycles. The van der Waals surface area contributed by atoms with Crippen LogP contribution in [0.2, 0.25) is 5.02 Å². The van der Waals surface area contributed by atoms with Gasteiger partial charge in [0.05, 0.1) is 12.8 Å². The van der Waals surface area contributed by atoms with Crippen molar-refractivity contribution in [2.75, 3.05) is 25.1 Å². The number of benzene rings is 1. The molecule has 1 aromatic carbocycles. The summed E-state index contributed by atoms with van der Waals surface area (Å²) in [6.45, 7) is 1.65. The smallest absolute Gasteiger partial charge is 0.315 e. The molecule has 0 bridgehead atoms. The van der Waals surface area contributed by atoms with Gasteiger partial charge in [-0.1, -0.05) is 24.4 Å². The van der Waals surface area contributed by atoms with Gasteiger partial charge in [-0.25, -0.2) is 4.79 Å². The molecule has 1 aromatic rings. The lowest BCUT2D eigenvalue weighted by atomic mass is 10.2. The van der Waals surface area contributed by atoms with E-state index in [1.165, 1.54) is 12.8 Å². The highest BCUT2D eigenvalue weighted by Gasteiger charge is 2.27. The van der Waals surface area contributed by atoms with Crippen LogP contribution in [-0.4, -0.2) is 38.3 Å². The van der Waals surface area contributed by atoms with Crippen LogP contribution in [0.5, 0.6) is 5.75 Å². The first-order valence-electron chi connectivity index (χ1n) is 8.31. The fourth-order valence-electron chi connectivity index (χ4n) is 3.49. The van der Waals surface area contributed by atoms with E-state index in [0.717, 1.165) is 43.8 Å². The molecular formula is C17H24ClN3O2. The van der Waals surface area contributed by atoms with E-state index in [0.29, 0.717) is 11.1 Å². The van der Waals surface area contributed by atoms with Crippen molar-refractivity contribution in [1.82, 2.24) is 10.6 Å². The zero-order valence-corrected chi connectivity index (χ0v) is 14.2. The topological polar surface area (TPSA) is 53.6 Å². The first kappa shape index (κ1) is 16.2. The predicted octanol–water partition coefficient (Wildman–Crippen LogP) is 3.17. The van der Waals surface area contributed by atoms with Crippen molar-refractivity contribution in [1.29, 1.82) is 0 Å². The average molecular weight is 338 g/mol. The van der Waals surface area contributed by atoms with Crippen LogP contribution in [0.4, 0.5) is 10.5 Å². The minimum atomic E-state index is -0.0400. The number of methoxy groups -OCH3 is 1. The Morgan fingerprint density at radius 1 is 1.22 bits per heavy atom. The Morgan fingerprint density at radius 3 is 2.70 bits per heavy atom. The summed E-state index contributed by atoms with van der Waals surface area (Å²) in [6.07, 6.45) is 5.56. The van der Waals surface area contributed by atoms with Gasteiger partial charge in [-0.05, 0) is 37.5 Å². The number of amides is 2. The van der Waals surface area contributed by atoms with Gasteiger partial charge in [0.2, 0.25) is 0 Å². The lowest BCUT2D eigenvalue weighted by Gasteiger charge is -2.22. The molecule has 2 amide bonds. The van der Waals surface area contributed by atoms with Gasteiger partial charge in [0.1, 0.15) is 5.75 Å². The van der Waals surface area contributed by atoms with Crippen molar-refractivity contribution in [2.24, 2.45) is 0 Å². The number of carbonyl (C=O) groups excluding carboxylic acids is 1. The molecule has 1 heterocycles. The van der Waals surface area contributed by atoms with Gasteiger partial charge >= 0.3 is 6.03 Å². The minimum absolute atomic E-state index is 0.0400. The number of urea groups is 1. The van der Waals surface area contributed by atoms with E-state index in [1.807, 2.05) is 18.2 Å². The molecule has 23 heavy (non-hydrogen) atoms. The second-order valence-electron chi connectivity index (χ2n) is 6.35. The number of nitrogens with zero attached hydrogens (tertiary/aromatic N) is 1. The van der Waals surface area contributed by atoms with Crippen molar-refractivity contribution in [2.45, 2.75) is 44.2 Å². The normalized spacial score (nSPS) is 21.5. The van der Waals surface area contributed by atoms with Gasteiger partial charge in [0.25, 0.3) is 0 Å². The Kier molecular flexibility index (Phi) is 5.16. The molecule has 2 aliphatic rings. The van der Waals surface area contributed by atoms with Crippen LogP contribution < -0.4 is 20.3 Å². The van der Waals surface area contributed by atoms with Crippen LogP contribution >= 0.6 is 11.6 Å². The Bertz CT molecular complexity index is 561. The van der Waals surface area contributed by atoms with Crippen molar-refractivity contribution in [3.05, 3.63) is 23.2 Å². The largest absolute Gasteiger partial charge is 0.495 e. The van der Waals surface area contributed by atoms with Crippen molar-refractivity contribution in [3.63, 3.8) is 0 Å². The Hall–Kier alpha value is -1.62. The molecule has 0 spiro atoms. The molecule has 6 heteroatoms. The number of nitrogens with one attached hydrogen (secondary N) is 2. The van der Waals surface area contributed by atoms with E-state index >= 15 is 0 Å². The van der Waals surface area contributed by atoms with Crippen LogP contribution in [-0.2, 0) is 0 Å². The van der Waals surface area contributed by atoms with Gasteiger partial charge in [-0.15, -0.1) is 0 Å². The monoisotopic (exact) mass is 337 g/mol. The maximum absolute atomic E-state index is 12.1. The number of hydrogen-bond acceptors (Lipinski definition) is 3. The molecule has 3 rings (SSSR count). The summed E-state index contributed by atoms with van der Waals surface area (Å²) in [5, 5.41) is 6.86. The lowest BCUT2D eigenvalue weighted by Crippen LogP contribution is -2.46. The first-order valence-corrected chi connectivity index (χ1v) is 8.69. The highest BCUT2D eigenvalue weighted by Crippen LogP contribution is 2.33.